The molecular weight excluding hydrogens is 334 g/mol. The number of thiocarbonyl (C=S) groups is 1. The topological polar surface area (TPSA) is 62.4 Å². The monoisotopic (exact) mass is 355 g/mol. The molecule has 0 saturated heterocycles. The van der Waals surface area contributed by atoms with Gasteiger partial charge in [0.05, 0.1) is 7.11 Å². The van der Waals surface area contributed by atoms with Gasteiger partial charge in [-0.15, -0.1) is 0 Å². The average Bonchev–Trinajstić information content (AvgIpc) is 2.61. The Bertz CT molecular complexity index is 755. The van der Waals surface area contributed by atoms with Gasteiger partial charge in [0, 0.05) is 23.5 Å². The third-order valence-electron chi connectivity index (χ3n) is 3.30. The highest BCUT2D eigenvalue weighted by Crippen LogP contribution is 2.16. The normalized spacial score (nSPS) is 9.84. The van der Waals surface area contributed by atoms with Gasteiger partial charge in [-0.3, -0.25) is 4.79 Å². The van der Waals surface area contributed by atoms with Crippen molar-refractivity contribution in [2.75, 3.05) is 24.3 Å². The maximum absolute atomic E-state index is 12.3. The maximum Gasteiger partial charge on any atom is 0.255 e. The molecule has 5 nitrogen and oxygen atoms in total. The van der Waals surface area contributed by atoms with Gasteiger partial charge in [-0.25, -0.2) is 0 Å². The summed E-state index contributed by atoms with van der Waals surface area (Å²) in [4.78, 5) is 12.3. The van der Waals surface area contributed by atoms with Crippen LogP contribution in [-0.4, -0.2) is 24.7 Å². The number of nitrogens with one attached hydrogen (secondary N) is 3. The Morgan fingerprint density at radius 1 is 1.04 bits per heavy atom. The summed E-state index contributed by atoms with van der Waals surface area (Å²) in [7, 11) is 1.60. The summed E-state index contributed by atoms with van der Waals surface area (Å²) in [5.74, 6) is 0.560. The van der Waals surface area contributed by atoms with E-state index in [1.165, 1.54) is 0 Å². The van der Waals surface area contributed by atoms with Crippen LogP contribution in [0.4, 0.5) is 11.4 Å². The van der Waals surface area contributed by atoms with Crippen molar-refractivity contribution < 1.29 is 9.53 Å². The second-order valence-electron chi connectivity index (χ2n) is 5.52. The standard InChI is InChI=1S/C19H21N3O2S/c1-13(2)12-20-19(25)22-16-6-4-14(5-7-16)18(23)21-15-8-10-17(24-3)11-9-15/h4-11H,1,12H2,2-3H3,(H,21,23)(H2,20,22,25). The van der Waals surface area contributed by atoms with Crippen molar-refractivity contribution in [3.05, 3.63) is 66.2 Å². The first-order chi connectivity index (χ1) is 12.0. The van der Waals surface area contributed by atoms with E-state index in [-0.39, 0.29) is 5.91 Å². The molecule has 0 spiro atoms. The Morgan fingerprint density at radius 2 is 1.60 bits per heavy atom. The Labute approximate surface area is 153 Å². The van der Waals surface area contributed by atoms with Crippen LogP contribution in [-0.2, 0) is 0 Å². The van der Waals surface area contributed by atoms with Crippen molar-refractivity contribution in [2.45, 2.75) is 6.92 Å². The Kier molecular flexibility index (Phi) is 6.54. The van der Waals surface area contributed by atoms with Crippen molar-refractivity contribution in [1.29, 1.82) is 0 Å². The molecule has 2 rings (SSSR count). The van der Waals surface area contributed by atoms with Crippen molar-refractivity contribution in [1.82, 2.24) is 5.32 Å². The number of carbonyl (C=O) groups excluding carboxylic acids is 1. The van der Waals surface area contributed by atoms with Crippen molar-refractivity contribution >= 4 is 34.6 Å². The van der Waals surface area contributed by atoms with Crippen molar-refractivity contribution in [3.8, 4) is 5.75 Å². The van der Waals surface area contributed by atoms with Gasteiger partial charge in [0.15, 0.2) is 5.11 Å². The van der Waals surface area contributed by atoms with Crippen LogP contribution >= 0.6 is 12.2 Å². The number of anilines is 2. The fraction of sp³-hybridized carbons (Fsp3) is 0.158. The van der Waals surface area contributed by atoms with Gasteiger partial charge in [-0.05, 0) is 67.7 Å². The molecule has 0 fully saturated rings. The molecule has 25 heavy (non-hydrogen) atoms. The third-order valence-corrected chi connectivity index (χ3v) is 3.55. The minimum atomic E-state index is -0.181. The second-order valence-corrected chi connectivity index (χ2v) is 5.93. The van der Waals surface area contributed by atoms with E-state index in [0.717, 1.165) is 17.0 Å². The fourth-order valence-electron chi connectivity index (χ4n) is 1.99. The summed E-state index contributed by atoms with van der Waals surface area (Å²) >= 11 is 5.19. The minimum absolute atomic E-state index is 0.181. The summed E-state index contributed by atoms with van der Waals surface area (Å²) in [6, 6.07) is 14.3. The number of hydrogen-bond acceptors (Lipinski definition) is 3. The number of carbonyl (C=O) groups is 1. The van der Waals surface area contributed by atoms with Crippen LogP contribution in [0.1, 0.15) is 17.3 Å². The van der Waals surface area contributed by atoms with Crippen molar-refractivity contribution in [2.24, 2.45) is 0 Å². The molecule has 0 saturated carbocycles. The summed E-state index contributed by atoms with van der Waals surface area (Å²) in [6.45, 7) is 6.35. The van der Waals surface area contributed by atoms with E-state index < -0.39 is 0 Å². The van der Waals surface area contributed by atoms with Crippen LogP contribution in [0.3, 0.4) is 0 Å². The number of hydrogen-bond donors (Lipinski definition) is 3. The lowest BCUT2D eigenvalue weighted by Gasteiger charge is -2.11. The maximum atomic E-state index is 12.3. The van der Waals surface area contributed by atoms with Gasteiger partial charge < -0.3 is 20.7 Å². The molecule has 1 amide bonds. The number of amides is 1. The van der Waals surface area contributed by atoms with Gasteiger partial charge in [-0.2, -0.15) is 0 Å². The molecule has 0 atom stereocenters. The summed E-state index contributed by atoms with van der Waals surface area (Å²) in [5, 5.41) is 9.45. The highest BCUT2D eigenvalue weighted by molar-refractivity contribution is 7.80. The van der Waals surface area contributed by atoms with Crippen LogP contribution in [0.25, 0.3) is 0 Å². The molecule has 0 bridgehead atoms. The van der Waals surface area contributed by atoms with Crippen LogP contribution in [0.2, 0.25) is 0 Å². The van der Waals surface area contributed by atoms with E-state index in [9.17, 15) is 4.79 Å². The molecule has 3 N–H and O–H groups in total. The first kappa shape index (κ1) is 18.5. The van der Waals surface area contributed by atoms with Crippen LogP contribution < -0.4 is 20.7 Å². The Balaban J connectivity index is 1.92. The van der Waals surface area contributed by atoms with Crippen LogP contribution in [0.15, 0.2) is 60.7 Å². The van der Waals surface area contributed by atoms with Gasteiger partial charge >= 0.3 is 0 Å². The van der Waals surface area contributed by atoms with Crippen LogP contribution in [0.5, 0.6) is 5.75 Å². The molecule has 2 aromatic rings. The van der Waals surface area contributed by atoms with Gasteiger partial charge in [0.1, 0.15) is 5.75 Å². The number of rotatable bonds is 6. The third kappa shape index (κ3) is 5.93. The largest absolute Gasteiger partial charge is 0.497 e. The molecule has 6 heteroatoms. The summed E-state index contributed by atoms with van der Waals surface area (Å²) < 4.78 is 5.09. The average molecular weight is 355 g/mol. The lowest BCUT2D eigenvalue weighted by molar-refractivity contribution is 0.102. The van der Waals surface area contributed by atoms with E-state index in [1.54, 1.807) is 55.6 Å². The lowest BCUT2D eigenvalue weighted by Crippen LogP contribution is -2.29. The predicted molar refractivity (Wildman–Crippen MR) is 106 cm³/mol. The predicted octanol–water partition coefficient (Wildman–Crippen LogP) is 3.81. The zero-order chi connectivity index (χ0) is 18.2. The van der Waals surface area contributed by atoms with Crippen LogP contribution in [0, 0.1) is 0 Å². The van der Waals surface area contributed by atoms with E-state index in [1.807, 2.05) is 6.92 Å². The second kappa shape index (κ2) is 8.84. The molecule has 0 radical (unpaired) electrons. The SMILES string of the molecule is C=C(C)CNC(=S)Nc1ccc(C(=O)Nc2ccc(OC)cc2)cc1. The van der Waals surface area contributed by atoms with E-state index in [0.29, 0.717) is 22.9 Å². The quantitative estimate of drug-likeness (QED) is 0.543. The lowest BCUT2D eigenvalue weighted by atomic mass is 10.2. The molecule has 0 heterocycles. The molecular formula is C19H21N3O2S. The Morgan fingerprint density at radius 3 is 2.16 bits per heavy atom. The molecule has 0 aromatic heterocycles. The fourth-order valence-corrected chi connectivity index (χ4v) is 2.18. The summed E-state index contributed by atoms with van der Waals surface area (Å²) in [5.41, 5.74) is 3.07. The molecule has 0 unspecified atom stereocenters. The molecule has 0 aliphatic rings. The van der Waals surface area contributed by atoms with E-state index in [2.05, 4.69) is 22.5 Å². The number of ether oxygens (including phenoxy) is 1. The van der Waals surface area contributed by atoms with Gasteiger partial charge in [-0.1, -0.05) is 12.2 Å². The Hall–Kier alpha value is -2.86. The molecule has 0 aliphatic carbocycles. The van der Waals surface area contributed by atoms with E-state index >= 15 is 0 Å². The van der Waals surface area contributed by atoms with Gasteiger partial charge in [0.2, 0.25) is 0 Å². The smallest absolute Gasteiger partial charge is 0.255 e. The highest BCUT2D eigenvalue weighted by atomic mass is 32.1. The molecule has 2 aromatic carbocycles. The van der Waals surface area contributed by atoms with E-state index in [4.69, 9.17) is 17.0 Å². The number of methoxy groups -OCH3 is 1. The first-order valence-corrected chi connectivity index (χ1v) is 8.13. The highest BCUT2D eigenvalue weighted by Gasteiger charge is 2.06. The minimum Gasteiger partial charge on any atom is -0.497 e. The summed E-state index contributed by atoms with van der Waals surface area (Å²) in [6.07, 6.45) is 0. The van der Waals surface area contributed by atoms with Crippen molar-refractivity contribution in [3.63, 3.8) is 0 Å². The number of benzene rings is 2. The first-order valence-electron chi connectivity index (χ1n) is 7.72. The molecule has 0 aliphatic heterocycles. The zero-order valence-electron chi connectivity index (χ0n) is 14.3. The zero-order valence-corrected chi connectivity index (χ0v) is 15.1. The molecule has 130 valence electrons. The van der Waals surface area contributed by atoms with Gasteiger partial charge in [0.25, 0.3) is 5.91 Å².